The van der Waals surface area contributed by atoms with Crippen LogP contribution in [0.3, 0.4) is 0 Å². The molecule has 0 spiro atoms. The summed E-state index contributed by atoms with van der Waals surface area (Å²) in [5.41, 5.74) is 2.04. The van der Waals surface area contributed by atoms with Gasteiger partial charge in [-0.2, -0.15) is 16.8 Å². The molecular weight excluding hydrogens is 637 g/mol. The molecule has 0 aliphatic heterocycles. The highest BCUT2D eigenvalue weighted by Gasteiger charge is 2.24. The Hall–Kier alpha value is -3.37. The van der Waals surface area contributed by atoms with E-state index in [-0.39, 0.29) is 23.3 Å². The third-order valence-electron chi connectivity index (χ3n) is 5.21. The largest absolute Gasteiger partial charge is 0.461 e. The van der Waals surface area contributed by atoms with Crippen LogP contribution >= 0.6 is 23.5 Å². The average Bonchev–Trinajstić information content (AvgIpc) is 2.99. The van der Waals surface area contributed by atoms with E-state index in [2.05, 4.69) is 10.3 Å². The number of ether oxygens (including phenoxy) is 2. The van der Waals surface area contributed by atoms with Crippen LogP contribution in [0.1, 0.15) is 25.0 Å². The molecule has 15 heteroatoms. The number of rotatable bonds is 12. The zero-order valence-corrected chi connectivity index (χ0v) is 27.0. The SMILES string of the molecule is CCOCC(=NOS(=O)(=O)c1cccc(S(=O)(=O)ON=C(Sc2ccc(C)cc2)C(=O)OCC)c1)Sc1ccc(C)cc1. The van der Waals surface area contributed by atoms with Crippen LogP contribution in [0.4, 0.5) is 0 Å². The minimum atomic E-state index is -4.66. The van der Waals surface area contributed by atoms with Gasteiger partial charge in [0.05, 0.1) is 13.2 Å². The van der Waals surface area contributed by atoms with Gasteiger partial charge < -0.3 is 9.47 Å². The summed E-state index contributed by atoms with van der Waals surface area (Å²) in [6.45, 7) is 7.58. The highest BCUT2D eigenvalue weighted by molar-refractivity contribution is 8.15. The Balaban J connectivity index is 1.82. The van der Waals surface area contributed by atoms with Gasteiger partial charge in [0.2, 0.25) is 5.04 Å². The normalized spacial score (nSPS) is 12.6. The standard InChI is InChI=1S/C28H30N2O9S4/c1-5-36-19-26(40-22-14-10-20(3)11-15-22)29-38-42(32,33)24-8-7-9-25(18-24)43(34,35)39-30-27(28(31)37-6-2)41-23-16-12-21(4)13-17-23/h7-18H,5-6,19H2,1-4H3. The van der Waals surface area contributed by atoms with Crippen molar-refractivity contribution < 1.29 is 39.7 Å². The van der Waals surface area contributed by atoms with E-state index >= 15 is 0 Å². The van der Waals surface area contributed by atoms with E-state index in [1.807, 2.05) is 50.2 Å². The minimum Gasteiger partial charge on any atom is -0.461 e. The van der Waals surface area contributed by atoms with E-state index in [1.165, 1.54) is 6.07 Å². The number of carbonyl (C=O) groups is 1. The maximum atomic E-state index is 12.9. The molecule has 0 aliphatic rings. The van der Waals surface area contributed by atoms with Crippen molar-refractivity contribution in [3.8, 4) is 0 Å². The zero-order chi connectivity index (χ0) is 31.5. The lowest BCUT2D eigenvalue weighted by atomic mass is 10.2. The molecule has 3 rings (SSSR count). The fraction of sp³-hybridized carbons (Fsp3) is 0.250. The van der Waals surface area contributed by atoms with Crippen LogP contribution < -0.4 is 0 Å². The van der Waals surface area contributed by atoms with Crippen molar-refractivity contribution >= 4 is 59.8 Å². The van der Waals surface area contributed by atoms with Crippen LogP contribution in [-0.4, -0.2) is 52.7 Å². The zero-order valence-electron chi connectivity index (χ0n) is 23.8. The molecule has 3 aromatic carbocycles. The molecule has 230 valence electrons. The van der Waals surface area contributed by atoms with Crippen molar-refractivity contribution in [3.63, 3.8) is 0 Å². The van der Waals surface area contributed by atoms with E-state index in [9.17, 15) is 21.6 Å². The van der Waals surface area contributed by atoms with Crippen LogP contribution in [-0.2, 0) is 43.1 Å². The maximum absolute atomic E-state index is 12.9. The quantitative estimate of drug-likeness (QED) is 0.0791. The summed E-state index contributed by atoms with van der Waals surface area (Å²) in [7, 11) is -9.21. The maximum Gasteiger partial charge on any atom is 0.367 e. The third-order valence-corrected chi connectivity index (χ3v) is 9.29. The van der Waals surface area contributed by atoms with Crippen LogP contribution in [0.5, 0.6) is 0 Å². The molecule has 0 fully saturated rings. The third kappa shape index (κ3) is 10.7. The number of oxime groups is 2. The average molecular weight is 667 g/mol. The fourth-order valence-electron chi connectivity index (χ4n) is 3.06. The molecule has 0 atom stereocenters. The monoisotopic (exact) mass is 666 g/mol. The van der Waals surface area contributed by atoms with Crippen molar-refractivity contribution in [1.82, 2.24) is 0 Å². The molecule has 0 bridgehead atoms. The van der Waals surface area contributed by atoms with Gasteiger partial charge in [-0.15, -0.1) is 0 Å². The predicted octanol–water partition coefficient (Wildman–Crippen LogP) is 5.53. The molecule has 0 aliphatic carbocycles. The summed E-state index contributed by atoms with van der Waals surface area (Å²) < 4.78 is 71.8. The van der Waals surface area contributed by atoms with Crippen molar-refractivity contribution in [2.75, 3.05) is 19.8 Å². The number of nitrogens with zero attached hydrogens (tertiary/aromatic N) is 2. The molecule has 0 saturated carbocycles. The van der Waals surface area contributed by atoms with Crippen LogP contribution in [0, 0.1) is 13.8 Å². The lowest BCUT2D eigenvalue weighted by Crippen LogP contribution is -2.16. The Labute approximate surface area is 259 Å². The summed E-state index contributed by atoms with van der Waals surface area (Å²) >= 11 is 2.01. The van der Waals surface area contributed by atoms with Gasteiger partial charge in [-0.1, -0.05) is 75.3 Å². The highest BCUT2D eigenvalue weighted by atomic mass is 32.2. The Morgan fingerprint density at radius 1 is 0.721 bits per heavy atom. The highest BCUT2D eigenvalue weighted by Crippen LogP contribution is 2.25. The lowest BCUT2D eigenvalue weighted by Gasteiger charge is -2.09. The summed E-state index contributed by atoms with van der Waals surface area (Å²) in [4.78, 5) is 12.7. The van der Waals surface area contributed by atoms with Gasteiger partial charge >= 0.3 is 26.2 Å². The first-order valence-corrected chi connectivity index (χ1v) is 17.2. The molecule has 0 aromatic heterocycles. The molecule has 0 N–H and O–H groups in total. The van der Waals surface area contributed by atoms with Crippen molar-refractivity contribution in [2.24, 2.45) is 10.3 Å². The van der Waals surface area contributed by atoms with Crippen LogP contribution in [0.15, 0.2) is 103 Å². The number of hydrogen-bond donors (Lipinski definition) is 0. The molecule has 0 unspecified atom stereocenters. The second-order valence-electron chi connectivity index (χ2n) is 8.60. The summed E-state index contributed by atoms with van der Waals surface area (Å²) in [6.07, 6.45) is 0. The number of esters is 1. The molecule has 0 amide bonds. The van der Waals surface area contributed by atoms with Gasteiger partial charge in [-0.25, -0.2) is 4.79 Å². The summed E-state index contributed by atoms with van der Waals surface area (Å²) in [5.74, 6) is -0.891. The summed E-state index contributed by atoms with van der Waals surface area (Å²) in [5, 5.41) is 7.16. The molecular formula is C28H30N2O9S4. The topological polar surface area (TPSA) is 147 Å². The van der Waals surface area contributed by atoms with Crippen LogP contribution in [0.25, 0.3) is 0 Å². The second kappa shape index (κ2) is 15.9. The molecule has 0 heterocycles. The van der Waals surface area contributed by atoms with E-state index in [0.717, 1.165) is 57.7 Å². The van der Waals surface area contributed by atoms with E-state index in [4.69, 9.17) is 18.0 Å². The van der Waals surface area contributed by atoms with Gasteiger partial charge in [-0.3, -0.25) is 8.57 Å². The minimum absolute atomic E-state index is 0.00573. The molecule has 11 nitrogen and oxygen atoms in total. The Morgan fingerprint density at radius 2 is 1.23 bits per heavy atom. The van der Waals surface area contributed by atoms with Crippen LogP contribution in [0.2, 0.25) is 0 Å². The van der Waals surface area contributed by atoms with E-state index in [0.29, 0.717) is 11.5 Å². The van der Waals surface area contributed by atoms with E-state index in [1.54, 1.807) is 26.0 Å². The predicted molar refractivity (Wildman–Crippen MR) is 165 cm³/mol. The van der Waals surface area contributed by atoms with E-state index < -0.39 is 36.0 Å². The fourth-order valence-corrected chi connectivity index (χ4v) is 6.27. The number of thioether (sulfide) groups is 2. The van der Waals surface area contributed by atoms with Gasteiger partial charge in [-0.05, 0) is 70.2 Å². The van der Waals surface area contributed by atoms with Gasteiger partial charge in [0.15, 0.2) is 0 Å². The Morgan fingerprint density at radius 3 is 1.74 bits per heavy atom. The van der Waals surface area contributed by atoms with Crippen molar-refractivity contribution in [3.05, 3.63) is 83.9 Å². The van der Waals surface area contributed by atoms with Gasteiger partial charge in [0.1, 0.15) is 14.8 Å². The lowest BCUT2D eigenvalue weighted by molar-refractivity contribution is -0.134. The Kier molecular flexibility index (Phi) is 12.6. The molecule has 0 saturated heterocycles. The number of aryl methyl sites for hydroxylation is 2. The summed E-state index contributed by atoms with van der Waals surface area (Å²) in [6, 6.07) is 18.8. The van der Waals surface area contributed by atoms with Gasteiger partial charge in [0, 0.05) is 16.4 Å². The Bertz CT molecular complexity index is 1670. The van der Waals surface area contributed by atoms with Crippen molar-refractivity contribution in [2.45, 2.75) is 47.3 Å². The number of hydrogen-bond acceptors (Lipinski definition) is 13. The smallest absolute Gasteiger partial charge is 0.367 e. The van der Waals surface area contributed by atoms with Crippen molar-refractivity contribution in [1.29, 1.82) is 0 Å². The molecule has 43 heavy (non-hydrogen) atoms. The molecule has 0 radical (unpaired) electrons. The second-order valence-corrected chi connectivity index (χ2v) is 13.9. The number of benzene rings is 3. The van der Waals surface area contributed by atoms with Gasteiger partial charge in [0.25, 0.3) is 0 Å². The number of carbonyl (C=O) groups excluding carboxylic acids is 1. The first-order valence-electron chi connectivity index (χ1n) is 12.8. The first kappa shape index (κ1) is 34.1. The first-order chi connectivity index (χ1) is 20.4. The molecule has 3 aromatic rings.